The molecule has 0 spiro atoms. The van der Waals surface area contributed by atoms with Crippen molar-refractivity contribution < 1.29 is 13.8 Å². The highest BCUT2D eigenvalue weighted by molar-refractivity contribution is 5.92. The number of amides is 1. The molecule has 0 radical (unpaired) electrons. The van der Waals surface area contributed by atoms with Gasteiger partial charge in [0.1, 0.15) is 5.76 Å². The van der Waals surface area contributed by atoms with Gasteiger partial charge in [-0.05, 0) is 19.4 Å². The second-order valence-corrected chi connectivity index (χ2v) is 6.34. The van der Waals surface area contributed by atoms with Crippen molar-refractivity contribution in [3.63, 3.8) is 0 Å². The lowest BCUT2D eigenvalue weighted by molar-refractivity contribution is 0.0777. The Kier molecular flexibility index (Phi) is 3.83. The van der Waals surface area contributed by atoms with Gasteiger partial charge in [0, 0.05) is 25.1 Å². The zero-order valence-corrected chi connectivity index (χ0v) is 14.0. The summed E-state index contributed by atoms with van der Waals surface area (Å²) in [7, 11) is 0. The molecule has 1 amide bonds. The first kappa shape index (κ1) is 15.6. The Labute approximate surface area is 144 Å². The van der Waals surface area contributed by atoms with Crippen LogP contribution in [0.2, 0.25) is 0 Å². The molecule has 128 valence electrons. The first-order chi connectivity index (χ1) is 12.1. The fraction of sp³-hybridized carbons (Fsp3) is 0.333. The molecule has 1 fully saturated rings. The van der Waals surface area contributed by atoms with Crippen LogP contribution in [0.4, 0.5) is 0 Å². The van der Waals surface area contributed by atoms with E-state index in [1.807, 2.05) is 18.2 Å². The molecule has 7 heteroatoms. The van der Waals surface area contributed by atoms with Gasteiger partial charge in [-0.15, -0.1) is 0 Å². The van der Waals surface area contributed by atoms with Gasteiger partial charge in [-0.2, -0.15) is 4.98 Å². The van der Waals surface area contributed by atoms with Gasteiger partial charge >= 0.3 is 0 Å². The van der Waals surface area contributed by atoms with E-state index in [0.717, 1.165) is 5.56 Å². The minimum absolute atomic E-state index is 0.0412. The molecule has 0 unspecified atom stereocenters. The van der Waals surface area contributed by atoms with E-state index in [2.05, 4.69) is 27.4 Å². The van der Waals surface area contributed by atoms with E-state index in [1.54, 1.807) is 24.8 Å². The number of aromatic nitrogens is 3. The third-order valence-electron chi connectivity index (χ3n) is 4.54. The van der Waals surface area contributed by atoms with Crippen LogP contribution in [0.5, 0.6) is 0 Å². The van der Waals surface area contributed by atoms with Crippen LogP contribution in [-0.2, 0) is 0 Å². The number of carbonyl (C=O) groups excluding carboxylic acids is 1. The molecule has 4 rings (SSSR count). The molecule has 0 aliphatic carbocycles. The minimum Gasteiger partial charge on any atom is -0.361 e. The monoisotopic (exact) mass is 338 g/mol. The molecule has 0 saturated carbocycles. The number of hydrogen-bond acceptors (Lipinski definition) is 6. The van der Waals surface area contributed by atoms with E-state index in [0.29, 0.717) is 36.3 Å². The van der Waals surface area contributed by atoms with Crippen molar-refractivity contribution in [2.24, 2.45) is 0 Å². The smallest absolute Gasteiger partial charge is 0.276 e. The largest absolute Gasteiger partial charge is 0.361 e. The Morgan fingerprint density at radius 2 is 1.84 bits per heavy atom. The van der Waals surface area contributed by atoms with E-state index < -0.39 is 0 Å². The van der Waals surface area contributed by atoms with Crippen molar-refractivity contribution in [3.8, 4) is 0 Å². The molecule has 7 nitrogen and oxygen atoms in total. The van der Waals surface area contributed by atoms with Gasteiger partial charge in [-0.1, -0.05) is 40.6 Å². The Bertz CT molecular complexity index is 887. The van der Waals surface area contributed by atoms with Crippen molar-refractivity contribution in [2.45, 2.75) is 25.7 Å². The van der Waals surface area contributed by atoms with E-state index in [9.17, 15) is 4.79 Å². The van der Waals surface area contributed by atoms with Crippen molar-refractivity contribution in [2.75, 3.05) is 13.1 Å². The molecular weight excluding hydrogens is 320 g/mol. The topological polar surface area (TPSA) is 85.3 Å². The van der Waals surface area contributed by atoms with Crippen molar-refractivity contribution in [3.05, 3.63) is 65.1 Å². The molecule has 1 aromatic carbocycles. The van der Waals surface area contributed by atoms with Crippen molar-refractivity contribution >= 4 is 5.91 Å². The van der Waals surface area contributed by atoms with Crippen molar-refractivity contribution in [1.29, 1.82) is 0 Å². The second-order valence-electron chi connectivity index (χ2n) is 6.34. The maximum Gasteiger partial charge on any atom is 0.276 e. The van der Waals surface area contributed by atoms with Gasteiger partial charge in [0.25, 0.3) is 5.91 Å². The van der Waals surface area contributed by atoms with E-state index in [4.69, 9.17) is 9.05 Å². The lowest BCUT2D eigenvalue weighted by Crippen LogP contribution is -2.29. The number of aryl methyl sites for hydroxylation is 2. The van der Waals surface area contributed by atoms with E-state index >= 15 is 0 Å². The standard InChI is InChI=1S/C18H18N4O3/c1-11-8-16(21-24-11)18(23)22-9-14(13-6-4-3-5-7-13)15(10-22)17-19-12(2)20-25-17/h3-8,14-15H,9-10H2,1-2H3/t14-,15+/m0/s1. The molecule has 3 aromatic rings. The molecule has 1 saturated heterocycles. The van der Waals surface area contributed by atoms with Crippen LogP contribution in [0, 0.1) is 13.8 Å². The summed E-state index contributed by atoms with van der Waals surface area (Å²) in [5, 5.41) is 7.75. The van der Waals surface area contributed by atoms with Gasteiger partial charge < -0.3 is 13.9 Å². The Balaban J connectivity index is 1.65. The summed E-state index contributed by atoms with van der Waals surface area (Å²) in [5.74, 6) is 1.69. The number of carbonyl (C=O) groups is 1. The third-order valence-corrected chi connectivity index (χ3v) is 4.54. The zero-order valence-electron chi connectivity index (χ0n) is 14.0. The minimum atomic E-state index is -0.142. The molecule has 0 bridgehead atoms. The van der Waals surface area contributed by atoms with Gasteiger partial charge in [-0.25, -0.2) is 0 Å². The highest BCUT2D eigenvalue weighted by Gasteiger charge is 2.40. The van der Waals surface area contributed by atoms with Gasteiger partial charge in [0.2, 0.25) is 5.89 Å². The lowest BCUT2D eigenvalue weighted by Gasteiger charge is -2.15. The van der Waals surface area contributed by atoms with Gasteiger partial charge in [-0.3, -0.25) is 4.79 Å². The summed E-state index contributed by atoms with van der Waals surface area (Å²) in [6.07, 6.45) is 0. The second kappa shape index (κ2) is 6.16. The molecule has 3 heterocycles. The highest BCUT2D eigenvalue weighted by atomic mass is 16.5. The molecule has 25 heavy (non-hydrogen) atoms. The summed E-state index contributed by atoms with van der Waals surface area (Å²) in [6, 6.07) is 11.8. The Morgan fingerprint density at radius 1 is 1.08 bits per heavy atom. The number of likely N-dealkylation sites (tertiary alicyclic amines) is 1. The van der Waals surface area contributed by atoms with Crippen LogP contribution in [-0.4, -0.2) is 39.2 Å². The molecule has 2 atom stereocenters. The van der Waals surface area contributed by atoms with Crippen molar-refractivity contribution in [1.82, 2.24) is 20.2 Å². The fourth-order valence-corrected chi connectivity index (χ4v) is 3.35. The summed E-state index contributed by atoms with van der Waals surface area (Å²) in [5.41, 5.74) is 1.47. The number of rotatable bonds is 3. The van der Waals surface area contributed by atoms with Crippen LogP contribution >= 0.6 is 0 Å². The Hall–Kier alpha value is -2.96. The normalized spacial score (nSPS) is 20.2. The van der Waals surface area contributed by atoms with Crippen LogP contribution in [0.15, 0.2) is 45.4 Å². The zero-order chi connectivity index (χ0) is 17.4. The van der Waals surface area contributed by atoms with Gasteiger partial charge in [0.05, 0.1) is 5.92 Å². The Morgan fingerprint density at radius 3 is 2.48 bits per heavy atom. The first-order valence-corrected chi connectivity index (χ1v) is 8.19. The van der Waals surface area contributed by atoms with Crippen LogP contribution in [0.25, 0.3) is 0 Å². The number of hydrogen-bond donors (Lipinski definition) is 0. The molecule has 1 aliphatic heterocycles. The summed E-state index contributed by atoms with van der Waals surface area (Å²) in [6.45, 7) is 4.64. The average Bonchev–Trinajstić information content (AvgIpc) is 3.34. The third kappa shape index (κ3) is 2.93. The van der Waals surface area contributed by atoms with Gasteiger partial charge in [0.15, 0.2) is 11.5 Å². The summed E-state index contributed by atoms with van der Waals surface area (Å²) >= 11 is 0. The molecular formula is C18H18N4O3. The molecule has 0 N–H and O–H groups in total. The van der Waals surface area contributed by atoms with E-state index in [1.165, 1.54) is 0 Å². The number of benzene rings is 1. The predicted molar refractivity (Wildman–Crippen MR) is 88.1 cm³/mol. The summed E-state index contributed by atoms with van der Waals surface area (Å²) in [4.78, 5) is 18.9. The molecule has 2 aromatic heterocycles. The summed E-state index contributed by atoms with van der Waals surface area (Å²) < 4.78 is 10.4. The maximum absolute atomic E-state index is 12.8. The fourth-order valence-electron chi connectivity index (χ4n) is 3.35. The highest BCUT2D eigenvalue weighted by Crippen LogP contribution is 2.39. The quantitative estimate of drug-likeness (QED) is 0.730. The van der Waals surface area contributed by atoms with Crippen LogP contribution in [0.3, 0.4) is 0 Å². The SMILES string of the molecule is Cc1noc([C@@H]2CN(C(=O)c3cc(C)on3)C[C@H]2c2ccccc2)n1. The maximum atomic E-state index is 12.8. The number of nitrogens with zero attached hydrogens (tertiary/aromatic N) is 4. The van der Waals surface area contributed by atoms with E-state index in [-0.39, 0.29) is 17.7 Å². The average molecular weight is 338 g/mol. The van der Waals surface area contributed by atoms with Crippen LogP contribution < -0.4 is 0 Å². The molecule has 1 aliphatic rings. The predicted octanol–water partition coefficient (Wildman–Crippen LogP) is 2.70. The van der Waals surface area contributed by atoms with Crippen LogP contribution in [0.1, 0.15) is 45.4 Å². The first-order valence-electron chi connectivity index (χ1n) is 8.19. The lowest BCUT2D eigenvalue weighted by atomic mass is 9.89.